The van der Waals surface area contributed by atoms with Crippen molar-refractivity contribution in [1.82, 2.24) is 25.1 Å². The normalized spacial score (nSPS) is 15.2. The molecule has 1 aliphatic rings. The first kappa shape index (κ1) is 22.9. The number of hydrogen-bond donors (Lipinski definition) is 0. The summed E-state index contributed by atoms with van der Waals surface area (Å²) in [5, 5.41) is 12.6. The van der Waals surface area contributed by atoms with E-state index < -0.39 is 0 Å². The lowest BCUT2D eigenvalue weighted by molar-refractivity contribution is 0.201. The van der Waals surface area contributed by atoms with E-state index in [1.165, 1.54) is 24.3 Å². The molecule has 1 fully saturated rings. The molecule has 0 N–H and O–H groups in total. The molecule has 0 spiro atoms. The number of methoxy groups -OCH3 is 1. The summed E-state index contributed by atoms with van der Waals surface area (Å²) in [5.41, 5.74) is 2.96. The van der Waals surface area contributed by atoms with Crippen LogP contribution in [0.3, 0.4) is 0 Å². The molecule has 4 aromatic rings. The summed E-state index contributed by atoms with van der Waals surface area (Å²) in [7, 11) is 1.64. The van der Waals surface area contributed by atoms with E-state index in [4.69, 9.17) is 4.74 Å². The number of ether oxygens (including phenoxy) is 1. The van der Waals surface area contributed by atoms with Crippen molar-refractivity contribution in [3.63, 3.8) is 0 Å². The summed E-state index contributed by atoms with van der Waals surface area (Å²) in [5.74, 6) is 0.954. The van der Waals surface area contributed by atoms with Crippen molar-refractivity contribution in [3.8, 4) is 5.75 Å². The Kier molecular flexibility index (Phi) is 6.67. The summed E-state index contributed by atoms with van der Waals surface area (Å²) in [6, 6.07) is 20.6. The van der Waals surface area contributed by atoms with E-state index in [2.05, 4.69) is 25.3 Å². The van der Waals surface area contributed by atoms with Gasteiger partial charge in [0, 0.05) is 31.9 Å². The molecule has 2 heterocycles. The molecule has 9 heteroatoms. The molecular weight excluding hydrogens is 450 g/mol. The van der Waals surface area contributed by atoms with Crippen LogP contribution in [0.5, 0.6) is 5.75 Å². The Hall–Kier alpha value is -3.85. The molecule has 1 atom stereocenters. The summed E-state index contributed by atoms with van der Waals surface area (Å²) in [6.07, 6.45) is 0. The molecular formula is C26H26F2N6O. The fraction of sp³-hybridized carbons (Fsp3) is 0.269. The molecule has 0 amide bonds. The second-order valence-corrected chi connectivity index (χ2v) is 8.50. The van der Waals surface area contributed by atoms with Crippen LogP contribution in [0.2, 0.25) is 0 Å². The van der Waals surface area contributed by atoms with Gasteiger partial charge in [0.2, 0.25) is 0 Å². The van der Waals surface area contributed by atoms with Gasteiger partial charge in [-0.25, -0.2) is 13.5 Å². The lowest BCUT2D eigenvalue weighted by Gasteiger charge is -2.40. The second-order valence-electron chi connectivity index (χ2n) is 8.50. The zero-order valence-corrected chi connectivity index (χ0v) is 19.4. The van der Waals surface area contributed by atoms with Gasteiger partial charge in [0.1, 0.15) is 17.4 Å². The highest BCUT2D eigenvalue weighted by Gasteiger charge is 2.31. The molecule has 0 aliphatic carbocycles. The third-order valence-corrected chi connectivity index (χ3v) is 6.35. The highest BCUT2D eigenvalue weighted by molar-refractivity contribution is 5.46. The third kappa shape index (κ3) is 5.14. The monoisotopic (exact) mass is 476 g/mol. The highest BCUT2D eigenvalue weighted by Crippen LogP contribution is 2.30. The first-order chi connectivity index (χ1) is 17.1. The van der Waals surface area contributed by atoms with Crippen LogP contribution >= 0.6 is 0 Å². The summed E-state index contributed by atoms with van der Waals surface area (Å²) in [6.45, 7) is 3.52. The summed E-state index contributed by atoms with van der Waals surface area (Å²) < 4.78 is 34.1. The molecule has 0 bridgehead atoms. The van der Waals surface area contributed by atoms with Crippen LogP contribution in [0, 0.1) is 11.6 Å². The van der Waals surface area contributed by atoms with Gasteiger partial charge in [0.05, 0.1) is 19.7 Å². The first-order valence-corrected chi connectivity index (χ1v) is 11.5. The van der Waals surface area contributed by atoms with Gasteiger partial charge < -0.3 is 9.64 Å². The average molecular weight is 477 g/mol. The minimum Gasteiger partial charge on any atom is -0.497 e. The number of benzene rings is 3. The fourth-order valence-corrected chi connectivity index (χ4v) is 4.48. The van der Waals surface area contributed by atoms with Crippen LogP contribution in [0.1, 0.15) is 23.0 Å². The van der Waals surface area contributed by atoms with Gasteiger partial charge >= 0.3 is 0 Å². The number of tetrazole rings is 1. The number of anilines is 1. The number of hydrogen-bond acceptors (Lipinski definition) is 6. The van der Waals surface area contributed by atoms with Crippen LogP contribution in [0.25, 0.3) is 0 Å². The van der Waals surface area contributed by atoms with Crippen molar-refractivity contribution in [2.45, 2.75) is 12.6 Å². The molecule has 0 radical (unpaired) electrons. The molecule has 3 aromatic carbocycles. The lowest BCUT2D eigenvalue weighted by Crippen LogP contribution is -2.48. The molecule has 0 saturated carbocycles. The van der Waals surface area contributed by atoms with E-state index in [9.17, 15) is 8.78 Å². The van der Waals surface area contributed by atoms with Gasteiger partial charge in [-0.15, -0.1) is 5.10 Å². The first-order valence-electron chi connectivity index (χ1n) is 11.5. The molecule has 180 valence electrons. The molecule has 5 rings (SSSR count). The van der Waals surface area contributed by atoms with Gasteiger partial charge in [-0.3, -0.25) is 4.90 Å². The topological polar surface area (TPSA) is 59.3 Å². The quantitative estimate of drug-likeness (QED) is 0.403. The number of halogens is 2. The van der Waals surface area contributed by atoms with Crippen LogP contribution in [-0.2, 0) is 6.54 Å². The van der Waals surface area contributed by atoms with Gasteiger partial charge in [0.15, 0.2) is 5.82 Å². The maximum atomic E-state index is 13.7. The van der Waals surface area contributed by atoms with Gasteiger partial charge in [-0.2, -0.15) is 0 Å². The number of nitrogens with zero attached hydrogens (tertiary/aromatic N) is 6. The maximum absolute atomic E-state index is 13.7. The number of piperazine rings is 1. The Balaban J connectivity index is 1.40. The Morgan fingerprint density at radius 2 is 1.46 bits per heavy atom. The Bertz CT molecular complexity index is 1240. The van der Waals surface area contributed by atoms with Crippen molar-refractivity contribution in [3.05, 3.63) is 101 Å². The fourth-order valence-electron chi connectivity index (χ4n) is 4.48. The van der Waals surface area contributed by atoms with Gasteiger partial charge in [-0.1, -0.05) is 24.3 Å². The average Bonchev–Trinajstić information content (AvgIpc) is 3.34. The molecule has 1 aliphatic heterocycles. The van der Waals surface area contributed by atoms with Crippen molar-refractivity contribution in [1.29, 1.82) is 0 Å². The maximum Gasteiger partial charge on any atom is 0.173 e. The Morgan fingerprint density at radius 3 is 2.09 bits per heavy atom. The SMILES string of the molecule is COc1ccc(Cn2nnnc2[C@H](c2ccc(F)cc2)N2CCN(c3ccc(F)cc3)CC2)cc1. The molecule has 1 saturated heterocycles. The van der Waals surface area contributed by atoms with Crippen LogP contribution < -0.4 is 9.64 Å². The van der Waals surface area contributed by atoms with Crippen LogP contribution in [-0.4, -0.2) is 58.4 Å². The number of rotatable bonds is 7. The third-order valence-electron chi connectivity index (χ3n) is 6.35. The Labute approximate surface area is 202 Å². The van der Waals surface area contributed by atoms with Crippen LogP contribution in [0.15, 0.2) is 72.8 Å². The molecule has 35 heavy (non-hydrogen) atoms. The van der Waals surface area contributed by atoms with Crippen molar-refractivity contribution < 1.29 is 13.5 Å². The second kappa shape index (κ2) is 10.2. The van der Waals surface area contributed by atoms with Crippen molar-refractivity contribution in [2.24, 2.45) is 0 Å². The van der Waals surface area contributed by atoms with E-state index in [0.717, 1.165) is 48.7 Å². The summed E-state index contributed by atoms with van der Waals surface area (Å²) >= 11 is 0. The zero-order chi connectivity index (χ0) is 24.2. The number of aromatic nitrogens is 4. The minimum atomic E-state index is -0.286. The lowest BCUT2D eigenvalue weighted by atomic mass is 10.0. The van der Waals surface area contributed by atoms with E-state index in [1.807, 2.05) is 24.3 Å². The standard InChI is InChI=1S/C26H26F2N6O/c1-35-24-12-2-19(3-13-24)18-34-26(29-30-31-34)25(20-4-6-21(27)7-5-20)33-16-14-32(15-17-33)23-10-8-22(28)9-11-23/h2-13,25H,14-18H2,1H3/t25-/m0/s1. The van der Waals surface area contributed by atoms with E-state index in [0.29, 0.717) is 12.4 Å². The van der Waals surface area contributed by atoms with Crippen molar-refractivity contribution >= 4 is 5.69 Å². The highest BCUT2D eigenvalue weighted by atomic mass is 19.1. The molecule has 7 nitrogen and oxygen atoms in total. The minimum absolute atomic E-state index is 0.237. The van der Waals surface area contributed by atoms with Crippen molar-refractivity contribution in [2.75, 3.05) is 38.2 Å². The molecule has 0 unspecified atom stereocenters. The predicted molar refractivity (Wildman–Crippen MR) is 128 cm³/mol. The van der Waals surface area contributed by atoms with E-state index in [1.54, 1.807) is 36.1 Å². The van der Waals surface area contributed by atoms with Gasteiger partial charge in [0.25, 0.3) is 0 Å². The zero-order valence-electron chi connectivity index (χ0n) is 19.4. The van der Waals surface area contributed by atoms with E-state index in [-0.39, 0.29) is 17.7 Å². The Morgan fingerprint density at radius 1 is 0.829 bits per heavy atom. The van der Waals surface area contributed by atoms with Gasteiger partial charge in [-0.05, 0) is 70.1 Å². The van der Waals surface area contributed by atoms with E-state index >= 15 is 0 Å². The molecule has 1 aromatic heterocycles. The van der Waals surface area contributed by atoms with Crippen LogP contribution in [0.4, 0.5) is 14.5 Å². The largest absolute Gasteiger partial charge is 0.497 e. The smallest absolute Gasteiger partial charge is 0.173 e. The predicted octanol–water partition coefficient (Wildman–Crippen LogP) is 3.92. The summed E-state index contributed by atoms with van der Waals surface area (Å²) in [4.78, 5) is 4.54.